The minimum absolute atomic E-state index is 0.185. The molecule has 1 N–H and O–H groups in total. The zero-order valence-corrected chi connectivity index (χ0v) is 13.8. The fourth-order valence-corrected chi connectivity index (χ4v) is 2.45. The van der Waals surface area contributed by atoms with Crippen molar-refractivity contribution in [2.75, 3.05) is 0 Å². The standard InChI is InChI=1S/C20H15N3O3/c24-18(10-9-16-3-2-12-25-16)22-13-14-5-7-15(8-6-14)20-23-19-17(26-20)4-1-11-21-19/h1-12H,13H2,(H,22,24)/b10-9+. The molecule has 3 aromatic heterocycles. The number of furan rings is 1. The van der Waals surface area contributed by atoms with Crippen molar-refractivity contribution in [1.82, 2.24) is 15.3 Å². The van der Waals surface area contributed by atoms with Gasteiger partial charge in [-0.15, -0.1) is 0 Å². The van der Waals surface area contributed by atoms with Crippen molar-refractivity contribution < 1.29 is 13.6 Å². The SMILES string of the molecule is O=C(/C=C/c1ccco1)NCc1ccc(-c2nc3ncccc3o2)cc1. The summed E-state index contributed by atoms with van der Waals surface area (Å²) in [6.07, 6.45) is 6.31. The van der Waals surface area contributed by atoms with Crippen molar-refractivity contribution in [1.29, 1.82) is 0 Å². The maximum absolute atomic E-state index is 11.8. The summed E-state index contributed by atoms with van der Waals surface area (Å²) in [5, 5.41) is 2.83. The average Bonchev–Trinajstić information content (AvgIpc) is 3.34. The Morgan fingerprint density at radius 3 is 2.77 bits per heavy atom. The Hall–Kier alpha value is -3.67. The molecule has 6 heteroatoms. The van der Waals surface area contributed by atoms with Crippen molar-refractivity contribution in [2.45, 2.75) is 6.54 Å². The van der Waals surface area contributed by atoms with E-state index in [1.807, 2.05) is 36.4 Å². The van der Waals surface area contributed by atoms with E-state index >= 15 is 0 Å². The Morgan fingerprint density at radius 2 is 2.00 bits per heavy atom. The summed E-state index contributed by atoms with van der Waals surface area (Å²) in [6, 6.07) is 14.9. The summed E-state index contributed by atoms with van der Waals surface area (Å²) in [6.45, 7) is 0.427. The number of nitrogens with zero attached hydrogens (tertiary/aromatic N) is 2. The van der Waals surface area contributed by atoms with Gasteiger partial charge in [0.05, 0.1) is 6.26 Å². The van der Waals surface area contributed by atoms with Crippen molar-refractivity contribution >= 4 is 23.2 Å². The zero-order valence-electron chi connectivity index (χ0n) is 13.8. The predicted octanol–water partition coefficient (Wildman–Crippen LogP) is 3.81. The highest BCUT2D eigenvalue weighted by atomic mass is 16.3. The van der Waals surface area contributed by atoms with Crippen LogP contribution in [0.1, 0.15) is 11.3 Å². The second-order valence-electron chi connectivity index (χ2n) is 5.61. The van der Waals surface area contributed by atoms with Crippen LogP contribution in [-0.2, 0) is 11.3 Å². The van der Waals surface area contributed by atoms with Crippen LogP contribution in [0.2, 0.25) is 0 Å². The Labute approximate surface area is 149 Å². The first kappa shape index (κ1) is 15.8. The summed E-state index contributed by atoms with van der Waals surface area (Å²) in [5.74, 6) is 0.975. The Bertz CT molecular complexity index is 1010. The van der Waals surface area contributed by atoms with Crippen molar-refractivity contribution in [3.05, 3.63) is 78.4 Å². The van der Waals surface area contributed by atoms with Crippen LogP contribution in [-0.4, -0.2) is 15.9 Å². The van der Waals surface area contributed by atoms with E-state index in [9.17, 15) is 4.79 Å². The van der Waals surface area contributed by atoms with Crippen molar-refractivity contribution in [3.8, 4) is 11.5 Å². The molecule has 6 nitrogen and oxygen atoms in total. The average molecular weight is 345 g/mol. The summed E-state index contributed by atoms with van der Waals surface area (Å²) < 4.78 is 10.8. The van der Waals surface area contributed by atoms with Gasteiger partial charge in [-0.3, -0.25) is 4.79 Å². The lowest BCUT2D eigenvalue weighted by atomic mass is 10.1. The molecule has 128 valence electrons. The summed E-state index contributed by atoms with van der Waals surface area (Å²) in [4.78, 5) is 20.4. The van der Waals surface area contributed by atoms with Gasteiger partial charge >= 0.3 is 0 Å². The molecular formula is C20H15N3O3. The van der Waals surface area contributed by atoms with E-state index in [4.69, 9.17) is 8.83 Å². The van der Waals surface area contributed by atoms with Crippen LogP contribution in [0.15, 0.2) is 75.9 Å². The maximum atomic E-state index is 11.8. The molecule has 0 saturated heterocycles. The van der Waals surface area contributed by atoms with Gasteiger partial charge in [0.1, 0.15) is 5.76 Å². The minimum Gasteiger partial charge on any atom is -0.465 e. The number of aromatic nitrogens is 2. The number of rotatable bonds is 5. The molecule has 0 aliphatic carbocycles. The van der Waals surface area contributed by atoms with Gasteiger partial charge in [-0.2, -0.15) is 4.98 Å². The van der Waals surface area contributed by atoms with Crippen LogP contribution in [0.4, 0.5) is 0 Å². The molecule has 0 atom stereocenters. The van der Waals surface area contributed by atoms with Crippen molar-refractivity contribution in [3.63, 3.8) is 0 Å². The van der Waals surface area contributed by atoms with E-state index in [1.165, 1.54) is 6.08 Å². The lowest BCUT2D eigenvalue weighted by molar-refractivity contribution is -0.116. The molecule has 0 unspecified atom stereocenters. The third-order valence-electron chi connectivity index (χ3n) is 3.77. The lowest BCUT2D eigenvalue weighted by Crippen LogP contribution is -2.20. The van der Waals surface area contributed by atoms with E-state index in [0.717, 1.165) is 11.1 Å². The zero-order chi connectivity index (χ0) is 17.8. The van der Waals surface area contributed by atoms with Gasteiger partial charge < -0.3 is 14.2 Å². The van der Waals surface area contributed by atoms with Gasteiger partial charge in [0.25, 0.3) is 0 Å². The van der Waals surface area contributed by atoms with E-state index in [1.54, 1.807) is 30.7 Å². The fourth-order valence-electron chi connectivity index (χ4n) is 2.45. The Balaban J connectivity index is 1.39. The molecule has 26 heavy (non-hydrogen) atoms. The maximum Gasteiger partial charge on any atom is 0.244 e. The second kappa shape index (κ2) is 7.06. The molecule has 0 aliphatic rings. The fraction of sp³-hybridized carbons (Fsp3) is 0.0500. The third-order valence-corrected chi connectivity index (χ3v) is 3.77. The van der Waals surface area contributed by atoms with Crippen LogP contribution < -0.4 is 5.32 Å². The van der Waals surface area contributed by atoms with E-state index in [-0.39, 0.29) is 5.91 Å². The summed E-state index contributed by atoms with van der Waals surface area (Å²) in [5.41, 5.74) is 3.07. The highest BCUT2D eigenvalue weighted by molar-refractivity contribution is 5.91. The van der Waals surface area contributed by atoms with Gasteiger partial charge in [-0.25, -0.2) is 4.98 Å². The second-order valence-corrected chi connectivity index (χ2v) is 5.61. The highest BCUT2D eigenvalue weighted by Crippen LogP contribution is 2.23. The normalized spacial score (nSPS) is 11.2. The molecule has 0 aliphatic heterocycles. The molecule has 4 aromatic rings. The van der Waals surface area contributed by atoms with Gasteiger partial charge in [0.2, 0.25) is 11.8 Å². The van der Waals surface area contributed by atoms with E-state index in [0.29, 0.717) is 29.4 Å². The van der Waals surface area contributed by atoms with Crippen LogP contribution in [0.25, 0.3) is 28.8 Å². The number of carbonyl (C=O) groups is 1. The molecule has 3 heterocycles. The smallest absolute Gasteiger partial charge is 0.244 e. The first-order valence-electron chi connectivity index (χ1n) is 8.08. The topological polar surface area (TPSA) is 81.2 Å². The monoisotopic (exact) mass is 345 g/mol. The number of fused-ring (bicyclic) bond motifs is 1. The number of oxazole rings is 1. The Kier molecular flexibility index (Phi) is 4.30. The summed E-state index contributed by atoms with van der Waals surface area (Å²) in [7, 11) is 0. The molecule has 0 saturated carbocycles. The molecule has 1 aromatic carbocycles. The molecule has 4 rings (SSSR count). The van der Waals surface area contributed by atoms with Gasteiger partial charge in [0, 0.05) is 24.4 Å². The quantitative estimate of drug-likeness (QED) is 0.556. The number of hydrogen-bond acceptors (Lipinski definition) is 5. The number of pyridine rings is 1. The van der Waals surface area contributed by atoms with Crippen LogP contribution in [0.3, 0.4) is 0 Å². The van der Waals surface area contributed by atoms with Gasteiger partial charge in [-0.05, 0) is 48.0 Å². The largest absolute Gasteiger partial charge is 0.465 e. The van der Waals surface area contributed by atoms with Crippen molar-refractivity contribution in [2.24, 2.45) is 0 Å². The van der Waals surface area contributed by atoms with E-state index < -0.39 is 0 Å². The molecule has 0 fully saturated rings. The molecule has 0 spiro atoms. The van der Waals surface area contributed by atoms with Gasteiger partial charge in [-0.1, -0.05) is 12.1 Å². The summed E-state index contributed by atoms with van der Waals surface area (Å²) >= 11 is 0. The molecule has 0 radical (unpaired) electrons. The van der Waals surface area contributed by atoms with Crippen LogP contribution in [0.5, 0.6) is 0 Å². The predicted molar refractivity (Wildman–Crippen MR) is 96.8 cm³/mol. The molecule has 1 amide bonds. The number of nitrogens with one attached hydrogen (secondary N) is 1. The first-order chi connectivity index (χ1) is 12.8. The highest BCUT2D eigenvalue weighted by Gasteiger charge is 2.08. The number of amides is 1. The molecule has 0 bridgehead atoms. The van der Waals surface area contributed by atoms with Gasteiger partial charge in [0.15, 0.2) is 11.2 Å². The van der Waals surface area contributed by atoms with E-state index in [2.05, 4.69) is 15.3 Å². The number of hydrogen-bond donors (Lipinski definition) is 1. The first-order valence-corrected chi connectivity index (χ1v) is 8.08. The van der Waals surface area contributed by atoms with Crippen LogP contribution in [0, 0.1) is 0 Å². The third kappa shape index (κ3) is 3.54. The number of carbonyl (C=O) groups excluding carboxylic acids is 1. The lowest BCUT2D eigenvalue weighted by Gasteiger charge is -2.03. The molecular weight excluding hydrogens is 330 g/mol. The minimum atomic E-state index is -0.185. The van der Waals surface area contributed by atoms with Crippen LogP contribution >= 0.6 is 0 Å². The Morgan fingerprint density at radius 1 is 1.12 bits per heavy atom. The number of benzene rings is 1.